The molecule has 0 saturated heterocycles. The molecule has 96 valence electrons. The van der Waals surface area contributed by atoms with E-state index in [0.29, 0.717) is 0 Å². The minimum atomic E-state index is -0.0927. The van der Waals surface area contributed by atoms with Gasteiger partial charge in [-0.05, 0) is 29.2 Å². The first-order chi connectivity index (χ1) is 9.33. The molecule has 0 amide bonds. The molecule has 2 aromatic carbocycles. The number of rotatable bonds is 4. The van der Waals surface area contributed by atoms with E-state index in [4.69, 9.17) is 0 Å². The first-order valence-corrected chi connectivity index (χ1v) is 6.92. The van der Waals surface area contributed by atoms with Crippen LogP contribution in [0.2, 0.25) is 0 Å². The Morgan fingerprint density at radius 2 is 1.89 bits per heavy atom. The number of nitriles is 1. The van der Waals surface area contributed by atoms with Crippen LogP contribution in [0.25, 0.3) is 10.8 Å². The molecular weight excluding hydrogens is 232 g/mol. The van der Waals surface area contributed by atoms with Gasteiger partial charge in [0.15, 0.2) is 0 Å². The van der Waals surface area contributed by atoms with Gasteiger partial charge in [-0.15, -0.1) is 0 Å². The molecule has 0 radical (unpaired) electrons. The minimum absolute atomic E-state index is 0.0927. The second kappa shape index (κ2) is 5.03. The Balaban J connectivity index is 1.71. The van der Waals surface area contributed by atoms with Gasteiger partial charge in [0.2, 0.25) is 0 Å². The van der Waals surface area contributed by atoms with E-state index in [1.807, 2.05) is 0 Å². The highest BCUT2D eigenvalue weighted by Crippen LogP contribution is 2.39. The van der Waals surface area contributed by atoms with Gasteiger partial charge in [0.05, 0.1) is 11.5 Å². The monoisotopic (exact) mass is 250 g/mol. The summed E-state index contributed by atoms with van der Waals surface area (Å²) in [4.78, 5) is 0. The van der Waals surface area contributed by atoms with Crippen molar-refractivity contribution in [1.29, 1.82) is 5.26 Å². The third kappa shape index (κ3) is 2.34. The van der Waals surface area contributed by atoms with Crippen LogP contribution in [0.3, 0.4) is 0 Å². The van der Waals surface area contributed by atoms with Crippen molar-refractivity contribution in [1.82, 2.24) is 5.32 Å². The fourth-order valence-corrected chi connectivity index (χ4v) is 2.81. The Hall–Kier alpha value is -1.85. The first-order valence-electron chi connectivity index (χ1n) is 6.92. The lowest BCUT2D eigenvalue weighted by molar-refractivity contribution is 0.207. The van der Waals surface area contributed by atoms with Gasteiger partial charge in [0, 0.05) is 13.1 Å². The van der Waals surface area contributed by atoms with Crippen molar-refractivity contribution in [3.05, 3.63) is 48.0 Å². The van der Waals surface area contributed by atoms with Crippen LogP contribution >= 0.6 is 0 Å². The Bertz CT molecular complexity index is 615. The lowest BCUT2D eigenvalue weighted by Crippen LogP contribution is -2.38. The van der Waals surface area contributed by atoms with Crippen LogP contribution in [0.15, 0.2) is 42.5 Å². The predicted molar refractivity (Wildman–Crippen MR) is 77.6 cm³/mol. The van der Waals surface area contributed by atoms with E-state index in [2.05, 4.69) is 53.9 Å². The molecule has 0 atom stereocenters. The van der Waals surface area contributed by atoms with Gasteiger partial charge < -0.3 is 5.32 Å². The van der Waals surface area contributed by atoms with Crippen molar-refractivity contribution in [3.8, 4) is 6.07 Å². The van der Waals surface area contributed by atoms with Crippen LogP contribution < -0.4 is 5.32 Å². The van der Waals surface area contributed by atoms with Crippen molar-refractivity contribution in [3.63, 3.8) is 0 Å². The van der Waals surface area contributed by atoms with E-state index in [9.17, 15) is 5.26 Å². The fourth-order valence-electron chi connectivity index (χ4n) is 2.81. The average molecular weight is 250 g/mol. The molecule has 1 N–H and O–H groups in total. The summed E-state index contributed by atoms with van der Waals surface area (Å²) in [6, 6.07) is 17.3. The third-order valence-electron chi connectivity index (χ3n) is 4.21. The number of hydrogen-bond acceptors (Lipinski definition) is 2. The maximum absolute atomic E-state index is 9.22. The van der Waals surface area contributed by atoms with Gasteiger partial charge in [-0.3, -0.25) is 0 Å². The number of nitrogens with zero attached hydrogens (tertiary/aromatic N) is 1. The summed E-state index contributed by atoms with van der Waals surface area (Å²) >= 11 is 0. The Morgan fingerprint density at radius 3 is 2.63 bits per heavy atom. The van der Waals surface area contributed by atoms with Gasteiger partial charge >= 0.3 is 0 Å². The average Bonchev–Trinajstić information content (AvgIpc) is 2.42. The van der Waals surface area contributed by atoms with Crippen molar-refractivity contribution in [2.45, 2.75) is 25.8 Å². The second-order valence-corrected chi connectivity index (χ2v) is 5.49. The molecule has 1 saturated carbocycles. The van der Waals surface area contributed by atoms with Crippen LogP contribution in [-0.4, -0.2) is 6.54 Å². The van der Waals surface area contributed by atoms with Crippen LogP contribution in [0.4, 0.5) is 0 Å². The molecule has 2 nitrogen and oxygen atoms in total. The van der Waals surface area contributed by atoms with Crippen LogP contribution in [0.1, 0.15) is 24.8 Å². The smallest absolute Gasteiger partial charge is 0.0703 e. The second-order valence-electron chi connectivity index (χ2n) is 5.49. The quantitative estimate of drug-likeness (QED) is 0.899. The Labute approximate surface area is 114 Å². The molecule has 0 spiro atoms. The van der Waals surface area contributed by atoms with Gasteiger partial charge in [0.1, 0.15) is 0 Å². The van der Waals surface area contributed by atoms with Crippen molar-refractivity contribution in [2.75, 3.05) is 6.54 Å². The summed E-state index contributed by atoms with van der Waals surface area (Å²) in [5.41, 5.74) is 1.22. The molecular formula is C17H18N2. The molecule has 1 fully saturated rings. The number of benzene rings is 2. The SMILES string of the molecule is N#CC1(CNCc2cccc3ccccc23)CCC1. The maximum atomic E-state index is 9.22. The van der Waals surface area contributed by atoms with Crippen molar-refractivity contribution < 1.29 is 0 Å². The summed E-state index contributed by atoms with van der Waals surface area (Å²) < 4.78 is 0. The van der Waals surface area contributed by atoms with Gasteiger partial charge in [-0.2, -0.15) is 5.26 Å². The standard InChI is InChI=1S/C17H18N2/c18-12-17(9-4-10-17)13-19-11-15-7-3-6-14-5-1-2-8-16(14)15/h1-3,5-8,19H,4,9-11,13H2. The molecule has 2 aromatic rings. The number of fused-ring (bicyclic) bond motifs is 1. The lowest BCUT2D eigenvalue weighted by atomic mass is 9.70. The fraction of sp³-hybridized carbons (Fsp3) is 0.353. The molecule has 1 aliphatic carbocycles. The summed E-state index contributed by atoms with van der Waals surface area (Å²) in [5, 5.41) is 15.3. The van der Waals surface area contributed by atoms with E-state index in [-0.39, 0.29) is 5.41 Å². The lowest BCUT2D eigenvalue weighted by Gasteiger charge is -2.35. The molecule has 2 heteroatoms. The highest BCUT2D eigenvalue weighted by Gasteiger charge is 2.36. The van der Waals surface area contributed by atoms with Crippen molar-refractivity contribution >= 4 is 10.8 Å². The van der Waals surface area contributed by atoms with Crippen molar-refractivity contribution in [2.24, 2.45) is 5.41 Å². The van der Waals surface area contributed by atoms with E-state index < -0.39 is 0 Å². The molecule has 0 bridgehead atoms. The highest BCUT2D eigenvalue weighted by molar-refractivity contribution is 5.85. The topological polar surface area (TPSA) is 35.8 Å². The maximum Gasteiger partial charge on any atom is 0.0703 e. The van der Waals surface area contributed by atoms with E-state index in [0.717, 1.165) is 25.9 Å². The molecule has 0 heterocycles. The number of hydrogen-bond donors (Lipinski definition) is 1. The zero-order chi connectivity index (χ0) is 13.1. The Morgan fingerprint density at radius 1 is 1.11 bits per heavy atom. The Kier molecular flexibility index (Phi) is 3.23. The summed E-state index contributed by atoms with van der Waals surface area (Å²) in [7, 11) is 0. The summed E-state index contributed by atoms with van der Waals surface area (Å²) in [5.74, 6) is 0. The van der Waals surface area contributed by atoms with Gasteiger partial charge in [0.25, 0.3) is 0 Å². The first kappa shape index (κ1) is 12.2. The molecule has 0 aromatic heterocycles. The van der Waals surface area contributed by atoms with E-state index >= 15 is 0 Å². The largest absolute Gasteiger partial charge is 0.311 e. The predicted octanol–water partition coefficient (Wildman–Crippen LogP) is 3.62. The van der Waals surface area contributed by atoms with Crippen LogP contribution in [-0.2, 0) is 6.54 Å². The normalized spacial score (nSPS) is 16.8. The zero-order valence-electron chi connectivity index (χ0n) is 11.0. The molecule has 0 aliphatic heterocycles. The van der Waals surface area contributed by atoms with Gasteiger partial charge in [-0.1, -0.05) is 48.9 Å². The van der Waals surface area contributed by atoms with E-state index in [1.165, 1.54) is 22.8 Å². The van der Waals surface area contributed by atoms with Crippen LogP contribution in [0, 0.1) is 16.7 Å². The summed E-state index contributed by atoms with van der Waals surface area (Å²) in [6.45, 7) is 1.65. The molecule has 0 unspecified atom stereocenters. The zero-order valence-corrected chi connectivity index (χ0v) is 11.0. The van der Waals surface area contributed by atoms with Gasteiger partial charge in [-0.25, -0.2) is 0 Å². The van der Waals surface area contributed by atoms with Crippen LogP contribution in [0.5, 0.6) is 0 Å². The third-order valence-corrected chi connectivity index (χ3v) is 4.21. The summed E-state index contributed by atoms with van der Waals surface area (Å²) in [6.07, 6.45) is 3.29. The molecule has 3 rings (SSSR count). The van der Waals surface area contributed by atoms with E-state index in [1.54, 1.807) is 0 Å². The highest BCUT2D eigenvalue weighted by atomic mass is 14.9. The number of nitrogens with one attached hydrogen (secondary N) is 1. The molecule has 19 heavy (non-hydrogen) atoms. The minimum Gasteiger partial charge on any atom is -0.311 e. The molecule has 1 aliphatic rings.